The molecule has 30 heavy (non-hydrogen) atoms. The van der Waals surface area contributed by atoms with Gasteiger partial charge in [0.15, 0.2) is 0 Å². The number of hydrogen-bond acceptors (Lipinski definition) is 5. The lowest BCUT2D eigenvalue weighted by Gasteiger charge is -2.22. The van der Waals surface area contributed by atoms with Crippen LogP contribution in [-0.2, 0) is 16.1 Å². The third-order valence-electron chi connectivity index (χ3n) is 4.44. The van der Waals surface area contributed by atoms with Crippen molar-refractivity contribution >= 4 is 40.9 Å². The molecule has 0 unspecified atom stereocenters. The monoisotopic (exact) mass is 446 g/mol. The molecule has 0 fully saturated rings. The Bertz CT molecular complexity index is 963. The first kappa shape index (κ1) is 23.6. The van der Waals surface area contributed by atoms with Gasteiger partial charge in [0.2, 0.25) is 0 Å². The van der Waals surface area contributed by atoms with Crippen molar-refractivity contribution in [2.75, 3.05) is 24.6 Å². The van der Waals surface area contributed by atoms with E-state index in [9.17, 15) is 10.1 Å². The lowest BCUT2D eigenvalue weighted by Crippen LogP contribution is -2.21. The third-order valence-corrected chi connectivity index (χ3v) is 5.03. The second-order valence-corrected chi connectivity index (χ2v) is 7.15. The second kappa shape index (κ2) is 11.5. The highest BCUT2D eigenvalue weighted by atomic mass is 35.5. The summed E-state index contributed by atoms with van der Waals surface area (Å²) in [5, 5.41) is 10.4. The predicted molar refractivity (Wildman–Crippen MR) is 121 cm³/mol. The molecule has 0 atom stereocenters. The Labute approximate surface area is 187 Å². The van der Waals surface area contributed by atoms with Crippen molar-refractivity contribution in [2.45, 2.75) is 27.4 Å². The first-order valence-electron chi connectivity index (χ1n) is 9.68. The number of hydrogen-bond donors (Lipinski definition) is 0. The molecule has 0 amide bonds. The van der Waals surface area contributed by atoms with Crippen molar-refractivity contribution in [3.05, 3.63) is 63.1 Å². The summed E-state index contributed by atoms with van der Waals surface area (Å²) in [6, 6.07) is 12.7. The summed E-state index contributed by atoms with van der Waals surface area (Å²) in [6.07, 6.45) is 1.48. The van der Waals surface area contributed by atoms with Crippen LogP contribution in [0.15, 0.2) is 42.0 Å². The van der Waals surface area contributed by atoms with Gasteiger partial charge in [-0.05, 0) is 51.1 Å². The highest BCUT2D eigenvalue weighted by molar-refractivity contribution is 6.35. The van der Waals surface area contributed by atoms with Crippen LogP contribution in [0.3, 0.4) is 0 Å². The minimum atomic E-state index is -0.667. The lowest BCUT2D eigenvalue weighted by molar-refractivity contribution is -0.137. The maximum absolute atomic E-state index is 12.0. The molecular formula is C23H24Cl2N2O3. The SMILES string of the molecule is CCOC(=O)C(C#N)=Cc1ccc(N(CC)CC)cc1OCc1ccc(Cl)cc1Cl. The summed E-state index contributed by atoms with van der Waals surface area (Å²) in [4.78, 5) is 14.2. The number of anilines is 1. The van der Waals surface area contributed by atoms with Crippen LogP contribution >= 0.6 is 23.2 Å². The van der Waals surface area contributed by atoms with Gasteiger partial charge in [-0.15, -0.1) is 0 Å². The number of rotatable bonds is 9. The van der Waals surface area contributed by atoms with Crippen molar-refractivity contribution in [1.29, 1.82) is 5.26 Å². The maximum Gasteiger partial charge on any atom is 0.348 e. The Kier molecular flexibility index (Phi) is 9.04. The quantitative estimate of drug-likeness (QED) is 0.273. The van der Waals surface area contributed by atoms with E-state index in [2.05, 4.69) is 18.7 Å². The van der Waals surface area contributed by atoms with Crippen LogP contribution in [0.2, 0.25) is 10.0 Å². The van der Waals surface area contributed by atoms with E-state index in [1.807, 2.05) is 24.3 Å². The Hall–Kier alpha value is -2.68. The zero-order valence-corrected chi connectivity index (χ0v) is 18.8. The normalized spacial score (nSPS) is 11.0. The van der Waals surface area contributed by atoms with E-state index in [1.54, 1.807) is 25.1 Å². The van der Waals surface area contributed by atoms with Gasteiger partial charge in [0, 0.05) is 46.0 Å². The topological polar surface area (TPSA) is 62.6 Å². The average molecular weight is 447 g/mol. The zero-order chi connectivity index (χ0) is 22.1. The lowest BCUT2D eigenvalue weighted by atomic mass is 10.1. The van der Waals surface area contributed by atoms with Crippen LogP contribution in [0.1, 0.15) is 31.9 Å². The van der Waals surface area contributed by atoms with Crippen LogP contribution in [-0.4, -0.2) is 25.7 Å². The number of nitrogens with zero attached hydrogens (tertiary/aromatic N) is 2. The number of carbonyl (C=O) groups excluding carboxylic acids is 1. The number of benzene rings is 2. The maximum atomic E-state index is 12.0. The average Bonchev–Trinajstić information content (AvgIpc) is 2.73. The van der Waals surface area contributed by atoms with Gasteiger partial charge >= 0.3 is 5.97 Å². The van der Waals surface area contributed by atoms with Gasteiger partial charge in [0.25, 0.3) is 0 Å². The van der Waals surface area contributed by atoms with E-state index in [1.165, 1.54) is 6.08 Å². The Morgan fingerprint density at radius 1 is 1.13 bits per heavy atom. The summed E-state index contributed by atoms with van der Waals surface area (Å²) < 4.78 is 11.0. The highest BCUT2D eigenvalue weighted by Gasteiger charge is 2.14. The molecule has 0 bridgehead atoms. The summed E-state index contributed by atoms with van der Waals surface area (Å²) in [7, 11) is 0. The first-order chi connectivity index (χ1) is 14.4. The van der Waals surface area contributed by atoms with E-state index in [0.29, 0.717) is 21.4 Å². The van der Waals surface area contributed by atoms with Crippen molar-refractivity contribution in [3.8, 4) is 11.8 Å². The molecule has 2 aromatic carbocycles. The molecule has 0 radical (unpaired) electrons. The summed E-state index contributed by atoms with van der Waals surface area (Å²) >= 11 is 12.2. The van der Waals surface area contributed by atoms with E-state index >= 15 is 0 Å². The van der Waals surface area contributed by atoms with Gasteiger partial charge in [0.05, 0.1) is 6.61 Å². The smallest absolute Gasteiger partial charge is 0.348 e. The van der Waals surface area contributed by atoms with Gasteiger partial charge in [-0.2, -0.15) is 5.26 Å². The number of ether oxygens (including phenoxy) is 2. The molecule has 0 saturated heterocycles. The van der Waals surface area contributed by atoms with Crippen LogP contribution in [0, 0.1) is 11.3 Å². The van der Waals surface area contributed by atoms with Gasteiger partial charge < -0.3 is 14.4 Å². The largest absolute Gasteiger partial charge is 0.488 e. The molecule has 5 nitrogen and oxygen atoms in total. The molecule has 0 aliphatic heterocycles. The molecule has 0 spiro atoms. The highest BCUT2D eigenvalue weighted by Crippen LogP contribution is 2.30. The van der Waals surface area contributed by atoms with Crippen molar-refractivity contribution < 1.29 is 14.3 Å². The molecule has 0 N–H and O–H groups in total. The van der Waals surface area contributed by atoms with Crippen LogP contribution < -0.4 is 9.64 Å². The fraction of sp³-hybridized carbons (Fsp3) is 0.304. The molecule has 2 rings (SSSR count). The van der Waals surface area contributed by atoms with E-state index in [-0.39, 0.29) is 18.8 Å². The fourth-order valence-electron chi connectivity index (χ4n) is 2.85. The Morgan fingerprint density at radius 3 is 2.47 bits per heavy atom. The molecule has 2 aromatic rings. The molecule has 0 aromatic heterocycles. The van der Waals surface area contributed by atoms with Gasteiger partial charge in [-0.3, -0.25) is 0 Å². The van der Waals surface area contributed by atoms with E-state index in [0.717, 1.165) is 24.3 Å². The first-order valence-corrected chi connectivity index (χ1v) is 10.4. The number of nitriles is 1. The molecule has 0 saturated carbocycles. The second-order valence-electron chi connectivity index (χ2n) is 6.31. The number of halogens is 2. The number of carbonyl (C=O) groups is 1. The van der Waals surface area contributed by atoms with Gasteiger partial charge in [-0.25, -0.2) is 4.79 Å². The van der Waals surface area contributed by atoms with E-state index < -0.39 is 5.97 Å². The van der Waals surface area contributed by atoms with Crippen LogP contribution in [0.4, 0.5) is 5.69 Å². The van der Waals surface area contributed by atoms with Gasteiger partial charge in [0.1, 0.15) is 24.0 Å². The van der Waals surface area contributed by atoms with Crippen LogP contribution in [0.25, 0.3) is 6.08 Å². The number of esters is 1. The predicted octanol–water partition coefficient (Wildman–Crippen LogP) is 5.89. The van der Waals surface area contributed by atoms with Gasteiger partial charge in [-0.1, -0.05) is 29.3 Å². The Balaban J connectivity index is 2.43. The summed E-state index contributed by atoms with van der Waals surface area (Å²) in [6.45, 7) is 7.90. The summed E-state index contributed by atoms with van der Waals surface area (Å²) in [5.74, 6) is -0.137. The molecular weight excluding hydrogens is 423 g/mol. The summed E-state index contributed by atoms with van der Waals surface area (Å²) in [5.41, 5.74) is 2.25. The minimum absolute atomic E-state index is 0.0955. The zero-order valence-electron chi connectivity index (χ0n) is 17.2. The standard InChI is InChI=1S/C23H24Cl2N2O3/c1-4-27(5-2)20-10-8-16(11-18(14-26)23(28)29-6-3)22(13-20)30-15-17-7-9-19(24)12-21(17)25/h7-13H,4-6,15H2,1-3H3. The van der Waals surface area contributed by atoms with E-state index in [4.69, 9.17) is 32.7 Å². The molecule has 158 valence electrons. The van der Waals surface area contributed by atoms with Crippen molar-refractivity contribution in [1.82, 2.24) is 0 Å². The van der Waals surface area contributed by atoms with Crippen molar-refractivity contribution in [3.63, 3.8) is 0 Å². The van der Waals surface area contributed by atoms with Crippen molar-refractivity contribution in [2.24, 2.45) is 0 Å². The Morgan fingerprint density at radius 2 is 1.87 bits per heavy atom. The molecule has 0 heterocycles. The van der Waals surface area contributed by atoms with Crippen LogP contribution in [0.5, 0.6) is 5.75 Å². The molecule has 0 aliphatic rings. The third kappa shape index (κ3) is 6.16. The molecule has 0 aliphatic carbocycles. The molecule has 7 heteroatoms. The minimum Gasteiger partial charge on any atom is -0.488 e. The fourth-order valence-corrected chi connectivity index (χ4v) is 3.31.